The largest absolute Gasteiger partial charge is 0.324 e. The minimum atomic E-state index is -0.857. The first-order valence-corrected chi connectivity index (χ1v) is 9.41. The minimum absolute atomic E-state index is 0.0803. The van der Waals surface area contributed by atoms with Crippen LogP contribution in [-0.4, -0.2) is 34.1 Å². The monoisotopic (exact) mass is 415 g/mol. The smallest absolute Gasteiger partial charge is 0.282 e. The predicted molar refractivity (Wildman–Crippen MR) is 107 cm³/mol. The van der Waals surface area contributed by atoms with Crippen molar-refractivity contribution < 1.29 is 19.3 Å². The summed E-state index contributed by atoms with van der Waals surface area (Å²) < 4.78 is 0. The molecule has 2 aromatic carbocycles. The summed E-state index contributed by atoms with van der Waals surface area (Å²) in [5.41, 5.74) is 1.37. The number of halogens is 1. The fraction of sp³-hybridized carbons (Fsp3) is 0.250. The summed E-state index contributed by atoms with van der Waals surface area (Å²) >= 11 is 6.23. The van der Waals surface area contributed by atoms with Crippen LogP contribution < -0.4 is 5.32 Å². The molecular weight excluding hydrogens is 398 g/mol. The first-order chi connectivity index (χ1) is 13.8. The maximum absolute atomic E-state index is 12.6. The molecule has 3 rings (SSSR count). The Morgan fingerprint density at radius 2 is 1.86 bits per heavy atom. The van der Waals surface area contributed by atoms with Gasteiger partial charge in [-0.25, -0.2) is 0 Å². The number of nitro groups is 1. The number of carbonyl (C=O) groups excluding carboxylic acids is 3. The van der Waals surface area contributed by atoms with Gasteiger partial charge in [0.25, 0.3) is 17.5 Å². The Morgan fingerprint density at radius 3 is 2.48 bits per heavy atom. The fourth-order valence-electron chi connectivity index (χ4n) is 3.40. The van der Waals surface area contributed by atoms with E-state index in [0.29, 0.717) is 23.6 Å². The second-order valence-electron chi connectivity index (χ2n) is 6.47. The van der Waals surface area contributed by atoms with Crippen molar-refractivity contribution >= 4 is 40.7 Å². The van der Waals surface area contributed by atoms with E-state index in [0.717, 1.165) is 22.1 Å². The van der Waals surface area contributed by atoms with Gasteiger partial charge in [-0.2, -0.15) is 0 Å². The van der Waals surface area contributed by atoms with E-state index in [2.05, 4.69) is 5.32 Å². The van der Waals surface area contributed by atoms with E-state index in [1.807, 2.05) is 19.9 Å². The first kappa shape index (κ1) is 20.5. The Labute approximate surface area is 171 Å². The highest BCUT2D eigenvalue weighted by molar-refractivity contribution is 6.32. The van der Waals surface area contributed by atoms with Crippen molar-refractivity contribution in [3.63, 3.8) is 0 Å². The molecule has 0 bridgehead atoms. The number of rotatable bonds is 6. The van der Waals surface area contributed by atoms with E-state index in [1.165, 1.54) is 12.1 Å². The number of amides is 3. The SMILES string of the molecule is CCc1ccc(Cl)c(CC)c1NC(=O)CN1C(=O)c2cccc([N+](=O)[O-])c2C1=O. The van der Waals surface area contributed by atoms with Crippen LogP contribution in [0, 0.1) is 10.1 Å². The Morgan fingerprint density at radius 1 is 1.14 bits per heavy atom. The number of anilines is 1. The molecule has 1 aliphatic heterocycles. The number of nitrogens with zero attached hydrogens (tertiary/aromatic N) is 2. The fourth-order valence-corrected chi connectivity index (χ4v) is 3.69. The summed E-state index contributed by atoms with van der Waals surface area (Å²) in [5, 5.41) is 14.4. The molecule has 0 spiro atoms. The lowest BCUT2D eigenvalue weighted by Gasteiger charge is -2.18. The summed E-state index contributed by atoms with van der Waals surface area (Å²) in [6.45, 7) is 3.28. The summed E-state index contributed by atoms with van der Waals surface area (Å²) in [6, 6.07) is 7.39. The van der Waals surface area contributed by atoms with Crippen LogP contribution in [0.2, 0.25) is 5.02 Å². The Balaban J connectivity index is 1.87. The molecule has 1 aliphatic rings. The molecule has 0 unspecified atom stereocenters. The van der Waals surface area contributed by atoms with Crippen molar-refractivity contribution in [2.24, 2.45) is 0 Å². The van der Waals surface area contributed by atoms with Gasteiger partial charge in [-0.15, -0.1) is 0 Å². The zero-order valence-electron chi connectivity index (χ0n) is 15.8. The van der Waals surface area contributed by atoms with Gasteiger partial charge in [-0.1, -0.05) is 37.6 Å². The normalized spacial score (nSPS) is 12.9. The number of carbonyl (C=O) groups is 3. The molecule has 0 aliphatic carbocycles. The molecular formula is C20H18ClN3O5. The Kier molecular flexibility index (Phi) is 5.65. The molecule has 29 heavy (non-hydrogen) atoms. The molecule has 1 heterocycles. The number of hydrogen-bond acceptors (Lipinski definition) is 5. The maximum atomic E-state index is 12.6. The average Bonchev–Trinajstić information content (AvgIpc) is 2.93. The third kappa shape index (κ3) is 3.58. The number of nitrogens with one attached hydrogen (secondary N) is 1. The van der Waals surface area contributed by atoms with Crippen LogP contribution in [0.4, 0.5) is 11.4 Å². The van der Waals surface area contributed by atoms with E-state index in [9.17, 15) is 24.5 Å². The zero-order valence-corrected chi connectivity index (χ0v) is 16.6. The van der Waals surface area contributed by atoms with Crippen LogP contribution >= 0.6 is 11.6 Å². The number of nitro benzene ring substituents is 1. The average molecular weight is 416 g/mol. The van der Waals surface area contributed by atoms with Gasteiger partial charge in [0.05, 0.1) is 10.5 Å². The Bertz CT molecular complexity index is 1050. The molecule has 0 atom stereocenters. The van der Waals surface area contributed by atoms with Gasteiger partial charge in [0.15, 0.2) is 0 Å². The lowest BCUT2D eigenvalue weighted by atomic mass is 10.0. The molecule has 0 saturated carbocycles. The number of fused-ring (bicyclic) bond motifs is 1. The summed E-state index contributed by atoms with van der Waals surface area (Å²) in [6.07, 6.45) is 1.24. The van der Waals surface area contributed by atoms with Crippen molar-refractivity contribution in [2.75, 3.05) is 11.9 Å². The number of benzene rings is 2. The Hall–Kier alpha value is -3.26. The first-order valence-electron chi connectivity index (χ1n) is 9.03. The molecule has 8 nitrogen and oxygen atoms in total. The molecule has 1 N–H and O–H groups in total. The van der Waals surface area contributed by atoms with Gasteiger partial charge in [-0.05, 0) is 36.1 Å². The standard InChI is InChI=1S/C20H18ClN3O5/c1-3-11-8-9-14(21)12(4-2)18(11)22-16(25)10-23-19(26)13-6-5-7-15(24(28)29)17(13)20(23)27/h5-9H,3-4,10H2,1-2H3,(H,22,25). The predicted octanol–water partition coefficient (Wildman–Crippen LogP) is 3.61. The van der Waals surface area contributed by atoms with Crippen LogP contribution in [0.15, 0.2) is 30.3 Å². The van der Waals surface area contributed by atoms with Gasteiger partial charge in [0.2, 0.25) is 5.91 Å². The third-order valence-electron chi connectivity index (χ3n) is 4.82. The van der Waals surface area contributed by atoms with Crippen LogP contribution in [-0.2, 0) is 17.6 Å². The quantitative estimate of drug-likeness (QED) is 0.440. The van der Waals surface area contributed by atoms with Gasteiger partial charge in [0.1, 0.15) is 12.1 Å². The minimum Gasteiger partial charge on any atom is -0.324 e. The van der Waals surface area contributed by atoms with Crippen molar-refractivity contribution in [1.82, 2.24) is 4.90 Å². The van der Waals surface area contributed by atoms with Gasteiger partial charge < -0.3 is 5.32 Å². The van der Waals surface area contributed by atoms with E-state index >= 15 is 0 Å². The highest BCUT2D eigenvalue weighted by atomic mass is 35.5. The number of aryl methyl sites for hydroxylation is 1. The molecule has 0 radical (unpaired) electrons. The van der Waals surface area contributed by atoms with Crippen LogP contribution in [0.1, 0.15) is 45.7 Å². The van der Waals surface area contributed by atoms with Gasteiger partial charge in [-0.3, -0.25) is 29.4 Å². The molecule has 0 fully saturated rings. The summed E-state index contributed by atoms with van der Waals surface area (Å²) in [5.74, 6) is -2.18. The molecule has 0 saturated heterocycles. The number of hydrogen-bond donors (Lipinski definition) is 1. The second kappa shape index (κ2) is 8.00. The number of imide groups is 1. The summed E-state index contributed by atoms with van der Waals surface area (Å²) in [7, 11) is 0. The third-order valence-corrected chi connectivity index (χ3v) is 5.17. The zero-order chi connectivity index (χ0) is 21.3. The maximum Gasteiger partial charge on any atom is 0.282 e. The topological polar surface area (TPSA) is 110 Å². The lowest BCUT2D eigenvalue weighted by molar-refractivity contribution is -0.385. The van der Waals surface area contributed by atoms with Crippen molar-refractivity contribution in [2.45, 2.75) is 26.7 Å². The second-order valence-corrected chi connectivity index (χ2v) is 6.88. The molecule has 3 amide bonds. The summed E-state index contributed by atoms with van der Waals surface area (Å²) in [4.78, 5) is 49.0. The molecule has 9 heteroatoms. The van der Waals surface area contributed by atoms with Crippen LogP contribution in [0.25, 0.3) is 0 Å². The van der Waals surface area contributed by atoms with Gasteiger partial charge >= 0.3 is 0 Å². The highest BCUT2D eigenvalue weighted by Crippen LogP contribution is 2.32. The highest BCUT2D eigenvalue weighted by Gasteiger charge is 2.41. The van der Waals surface area contributed by atoms with E-state index in [-0.39, 0.29) is 11.1 Å². The lowest BCUT2D eigenvalue weighted by Crippen LogP contribution is -2.37. The van der Waals surface area contributed by atoms with Crippen molar-refractivity contribution in [3.8, 4) is 0 Å². The van der Waals surface area contributed by atoms with Crippen molar-refractivity contribution in [3.05, 3.63) is 67.7 Å². The van der Waals surface area contributed by atoms with E-state index in [4.69, 9.17) is 11.6 Å². The molecule has 0 aromatic heterocycles. The van der Waals surface area contributed by atoms with Crippen LogP contribution in [0.3, 0.4) is 0 Å². The molecule has 150 valence electrons. The van der Waals surface area contributed by atoms with Crippen molar-refractivity contribution in [1.29, 1.82) is 0 Å². The van der Waals surface area contributed by atoms with Crippen LogP contribution in [0.5, 0.6) is 0 Å². The van der Waals surface area contributed by atoms with Gasteiger partial charge in [0, 0.05) is 16.8 Å². The van der Waals surface area contributed by atoms with E-state index < -0.39 is 34.9 Å². The van der Waals surface area contributed by atoms with E-state index in [1.54, 1.807) is 6.07 Å². The molecule has 2 aromatic rings.